The van der Waals surface area contributed by atoms with Crippen LogP contribution >= 0.6 is 11.8 Å². The van der Waals surface area contributed by atoms with Gasteiger partial charge in [0.05, 0.1) is 0 Å². The minimum Gasteiger partial charge on any atom is -0.353 e. The van der Waals surface area contributed by atoms with Crippen LogP contribution in [0.2, 0.25) is 0 Å². The number of carbonyl (C=O) groups excluding carboxylic acids is 1. The summed E-state index contributed by atoms with van der Waals surface area (Å²) in [6.45, 7) is 0.721. The Balaban J connectivity index is 2.39. The normalized spacial score (nSPS) is 29.6. The highest BCUT2D eigenvalue weighted by Gasteiger charge is 2.17. The highest BCUT2D eigenvalue weighted by Crippen LogP contribution is 2.09. The van der Waals surface area contributed by atoms with Gasteiger partial charge in [0.25, 0.3) is 0 Å². The summed E-state index contributed by atoms with van der Waals surface area (Å²) in [4.78, 5) is 10.5. The number of nitrogens with one attached hydrogen (secondary N) is 2. The fourth-order valence-electron chi connectivity index (χ4n) is 0.519. The van der Waals surface area contributed by atoms with Crippen molar-refractivity contribution in [1.29, 1.82) is 0 Å². The van der Waals surface area contributed by atoms with Crippen LogP contribution in [-0.4, -0.2) is 23.6 Å². The predicted octanol–water partition coefficient (Wildman–Crippen LogP) is -0.542. The zero-order valence-corrected chi connectivity index (χ0v) is 5.12. The quantitative estimate of drug-likeness (QED) is 0.480. The Morgan fingerprint density at radius 3 is 3.00 bits per heavy atom. The summed E-state index contributed by atoms with van der Waals surface area (Å²) in [6.07, 6.45) is 0. The van der Waals surface area contributed by atoms with Crippen LogP contribution in [0.15, 0.2) is 0 Å². The molecule has 0 bridgehead atoms. The Bertz CT molecular complexity index is 106. The Kier molecular flexibility index (Phi) is 1.75. The molecule has 0 aromatic heterocycles. The smallest absolute Gasteiger partial charge is 0.248 e. The first-order valence-corrected chi connectivity index (χ1v) is 3.46. The lowest BCUT2D eigenvalue weighted by Crippen LogP contribution is -2.39. The van der Waals surface area contributed by atoms with Crippen molar-refractivity contribution in [2.75, 3.05) is 12.3 Å². The maximum atomic E-state index is 10.5. The van der Waals surface area contributed by atoms with Gasteiger partial charge in [0.15, 0.2) is 0 Å². The number of hydrogen-bond acceptors (Lipinski definition) is 2. The Morgan fingerprint density at radius 1 is 1.88 bits per heavy atom. The molecule has 3 nitrogen and oxygen atoms in total. The highest BCUT2D eigenvalue weighted by molar-refractivity contribution is 8.00. The van der Waals surface area contributed by atoms with E-state index in [0.717, 1.165) is 12.3 Å². The first-order chi connectivity index (χ1) is 3.80. The maximum Gasteiger partial charge on any atom is 0.248 e. The van der Waals surface area contributed by atoms with Crippen LogP contribution in [0, 0.1) is 0 Å². The summed E-state index contributed by atoms with van der Waals surface area (Å²) in [5.74, 6) is 0.723. The average Bonchev–Trinajstić information content (AvgIpc) is 1.77. The summed E-state index contributed by atoms with van der Waals surface area (Å²) in [5.41, 5.74) is 7.03. The van der Waals surface area contributed by atoms with Gasteiger partial charge in [0, 0.05) is 12.3 Å². The van der Waals surface area contributed by atoms with Gasteiger partial charge in [0.2, 0.25) is 5.91 Å². The molecule has 1 aliphatic rings. The van der Waals surface area contributed by atoms with Gasteiger partial charge in [-0.1, -0.05) is 0 Å². The van der Waals surface area contributed by atoms with Crippen LogP contribution in [-0.2, 0) is 4.79 Å². The summed E-state index contributed by atoms with van der Waals surface area (Å²) in [6, 6.07) is 0. The van der Waals surface area contributed by atoms with E-state index < -0.39 is 5.37 Å². The fraction of sp³-hybridized carbons (Fsp3) is 0.750. The first-order valence-electron chi connectivity index (χ1n) is 2.41. The van der Waals surface area contributed by atoms with Crippen LogP contribution in [0.3, 0.4) is 0 Å². The molecule has 0 aliphatic carbocycles. The van der Waals surface area contributed by atoms with Gasteiger partial charge < -0.3 is 5.32 Å². The number of thioether (sulfide) groups is 1. The zero-order valence-electron chi connectivity index (χ0n) is 4.31. The Hall–Kier alpha value is -0.220. The Morgan fingerprint density at radius 2 is 2.62 bits per heavy atom. The molecule has 1 saturated heterocycles. The SMILES string of the molecule is [NH]C1SCCNC1=O. The third-order valence-corrected chi connectivity index (χ3v) is 1.91. The molecule has 1 unspecified atom stereocenters. The predicted molar refractivity (Wildman–Crippen MR) is 32.4 cm³/mol. The minimum absolute atomic E-state index is 0.152. The number of rotatable bonds is 0. The van der Waals surface area contributed by atoms with Crippen molar-refractivity contribution in [2.24, 2.45) is 0 Å². The average molecular weight is 131 g/mol. The van der Waals surface area contributed by atoms with E-state index in [9.17, 15) is 4.79 Å². The van der Waals surface area contributed by atoms with Crippen molar-refractivity contribution in [2.45, 2.75) is 5.37 Å². The van der Waals surface area contributed by atoms with Gasteiger partial charge in [0.1, 0.15) is 5.37 Å². The van der Waals surface area contributed by atoms with Gasteiger partial charge in [-0.2, -0.15) is 0 Å². The van der Waals surface area contributed by atoms with E-state index in [1.807, 2.05) is 0 Å². The van der Waals surface area contributed by atoms with Gasteiger partial charge in [-0.15, -0.1) is 11.8 Å². The van der Waals surface area contributed by atoms with Crippen LogP contribution < -0.4 is 11.1 Å². The van der Waals surface area contributed by atoms with E-state index in [1.165, 1.54) is 11.8 Å². The van der Waals surface area contributed by atoms with Crippen LogP contribution in [0.25, 0.3) is 0 Å². The van der Waals surface area contributed by atoms with Crippen LogP contribution in [0.5, 0.6) is 0 Å². The monoisotopic (exact) mass is 131 g/mol. The molecular weight excluding hydrogens is 124 g/mol. The molecule has 2 N–H and O–H groups in total. The summed E-state index contributed by atoms with van der Waals surface area (Å²) in [5, 5.41) is 2.00. The minimum atomic E-state index is -0.580. The van der Waals surface area contributed by atoms with Crippen molar-refractivity contribution in [3.8, 4) is 0 Å². The molecule has 1 atom stereocenters. The zero-order chi connectivity index (χ0) is 5.98. The van der Waals surface area contributed by atoms with Crippen molar-refractivity contribution >= 4 is 17.7 Å². The second-order valence-corrected chi connectivity index (χ2v) is 2.75. The summed E-state index contributed by atoms with van der Waals surface area (Å²) in [7, 11) is 0. The third-order valence-electron chi connectivity index (χ3n) is 0.924. The van der Waals surface area contributed by atoms with Crippen molar-refractivity contribution in [3.63, 3.8) is 0 Å². The van der Waals surface area contributed by atoms with Crippen molar-refractivity contribution < 1.29 is 4.79 Å². The molecule has 1 fully saturated rings. The molecular formula is C4H7N2OS. The van der Waals surface area contributed by atoms with Gasteiger partial charge in [-0.3, -0.25) is 4.79 Å². The maximum absolute atomic E-state index is 10.5. The highest BCUT2D eigenvalue weighted by atomic mass is 32.2. The molecule has 45 valence electrons. The number of carbonyl (C=O) groups is 1. The standard InChI is InChI=1S/C4H7N2OS/c5-3-4(7)6-1-2-8-3/h3,5H,1-2H2,(H,6,7). The molecule has 0 spiro atoms. The van der Waals surface area contributed by atoms with E-state index in [2.05, 4.69) is 5.32 Å². The van der Waals surface area contributed by atoms with Gasteiger partial charge >= 0.3 is 0 Å². The molecule has 1 aliphatic heterocycles. The van der Waals surface area contributed by atoms with Gasteiger partial charge in [-0.25, -0.2) is 5.73 Å². The molecule has 1 amide bonds. The third kappa shape index (κ3) is 1.14. The van der Waals surface area contributed by atoms with E-state index >= 15 is 0 Å². The molecule has 0 aromatic carbocycles. The van der Waals surface area contributed by atoms with E-state index in [1.54, 1.807) is 0 Å². The fourth-order valence-corrected chi connectivity index (χ4v) is 1.21. The largest absolute Gasteiger partial charge is 0.353 e. The molecule has 4 heteroatoms. The summed E-state index contributed by atoms with van der Waals surface area (Å²) < 4.78 is 0. The lowest BCUT2D eigenvalue weighted by atomic mass is 10.5. The Labute approximate surface area is 52.0 Å². The molecule has 1 radical (unpaired) electrons. The second kappa shape index (κ2) is 2.37. The number of amides is 1. The molecule has 1 rings (SSSR count). The summed E-state index contributed by atoms with van der Waals surface area (Å²) >= 11 is 1.38. The number of hydrogen-bond donors (Lipinski definition) is 1. The van der Waals surface area contributed by atoms with Crippen molar-refractivity contribution in [1.82, 2.24) is 11.1 Å². The van der Waals surface area contributed by atoms with E-state index in [-0.39, 0.29) is 5.91 Å². The first kappa shape index (κ1) is 5.91. The molecule has 0 aromatic rings. The van der Waals surface area contributed by atoms with Crippen LogP contribution in [0.4, 0.5) is 0 Å². The molecule has 1 heterocycles. The van der Waals surface area contributed by atoms with Crippen LogP contribution in [0.1, 0.15) is 0 Å². The van der Waals surface area contributed by atoms with E-state index in [0.29, 0.717) is 0 Å². The second-order valence-electron chi connectivity index (χ2n) is 1.54. The van der Waals surface area contributed by atoms with Crippen molar-refractivity contribution in [3.05, 3.63) is 0 Å². The van der Waals surface area contributed by atoms with E-state index in [4.69, 9.17) is 5.73 Å². The molecule has 8 heavy (non-hydrogen) atoms. The lowest BCUT2D eigenvalue weighted by molar-refractivity contribution is -0.120. The topological polar surface area (TPSA) is 52.9 Å². The lowest BCUT2D eigenvalue weighted by Gasteiger charge is -2.15. The molecule has 0 saturated carbocycles. The van der Waals surface area contributed by atoms with Gasteiger partial charge in [-0.05, 0) is 0 Å².